The SMILES string of the molecule is CCOC(=O)[C@H](CSC(=O)/C=C(\C)C(=O)O)NC(=O)OC(C)(C)C. The summed E-state index contributed by atoms with van der Waals surface area (Å²) in [6.45, 7) is 8.02. The summed E-state index contributed by atoms with van der Waals surface area (Å²) in [4.78, 5) is 46.0. The quantitative estimate of drug-likeness (QED) is 0.520. The molecule has 9 heteroatoms. The summed E-state index contributed by atoms with van der Waals surface area (Å²) < 4.78 is 9.90. The monoisotopic (exact) mass is 361 g/mol. The highest BCUT2D eigenvalue weighted by Gasteiger charge is 2.26. The number of nitrogens with one attached hydrogen (secondary N) is 1. The van der Waals surface area contributed by atoms with Gasteiger partial charge in [-0.2, -0.15) is 0 Å². The van der Waals surface area contributed by atoms with E-state index in [0.29, 0.717) is 11.8 Å². The molecule has 0 aromatic carbocycles. The summed E-state index contributed by atoms with van der Waals surface area (Å²) >= 11 is 0.695. The van der Waals surface area contributed by atoms with E-state index >= 15 is 0 Å². The van der Waals surface area contributed by atoms with Crippen molar-refractivity contribution in [1.82, 2.24) is 5.32 Å². The van der Waals surface area contributed by atoms with Crippen LogP contribution >= 0.6 is 11.8 Å². The molecule has 0 aromatic rings. The zero-order valence-electron chi connectivity index (χ0n) is 14.4. The number of esters is 1. The lowest BCUT2D eigenvalue weighted by Crippen LogP contribution is -2.45. The average molecular weight is 361 g/mol. The molecule has 0 aliphatic rings. The number of carboxylic acid groups (broad SMARTS) is 1. The Kier molecular flexibility index (Phi) is 9.12. The van der Waals surface area contributed by atoms with Gasteiger partial charge in [-0.05, 0) is 34.6 Å². The molecule has 0 radical (unpaired) electrons. The zero-order valence-corrected chi connectivity index (χ0v) is 15.2. The molecule has 0 rings (SSSR count). The van der Waals surface area contributed by atoms with Crippen molar-refractivity contribution in [3.63, 3.8) is 0 Å². The summed E-state index contributed by atoms with van der Waals surface area (Å²) in [5, 5.41) is 10.5. The minimum absolute atomic E-state index is 0.111. The van der Waals surface area contributed by atoms with Gasteiger partial charge in [0.2, 0.25) is 5.12 Å². The number of thioether (sulfide) groups is 1. The molecule has 1 atom stereocenters. The lowest BCUT2D eigenvalue weighted by atomic mass is 10.2. The topological polar surface area (TPSA) is 119 Å². The molecular formula is C15H23NO7S. The maximum absolute atomic E-state index is 11.9. The highest BCUT2D eigenvalue weighted by atomic mass is 32.2. The van der Waals surface area contributed by atoms with Gasteiger partial charge in [-0.25, -0.2) is 14.4 Å². The molecule has 0 aliphatic heterocycles. The molecule has 2 N–H and O–H groups in total. The fourth-order valence-corrected chi connectivity index (χ4v) is 2.12. The van der Waals surface area contributed by atoms with E-state index < -0.39 is 34.8 Å². The van der Waals surface area contributed by atoms with E-state index in [1.165, 1.54) is 6.92 Å². The minimum Gasteiger partial charge on any atom is -0.478 e. The Morgan fingerprint density at radius 2 is 1.83 bits per heavy atom. The lowest BCUT2D eigenvalue weighted by molar-refractivity contribution is -0.145. The van der Waals surface area contributed by atoms with Crippen molar-refractivity contribution < 1.29 is 33.8 Å². The molecule has 0 fully saturated rings. The van der Waals surface area contributed by atoms with Crippen molar-refractivity contribution in [2.45, 2.75) is 46.3 Å². The number of hydrogen-bond acceptors (Lipinski definition) is 7. The molecule has 0 spiro atoms. The van der Waals surface area contributed by atoms with Gasteiger partial charge in [-0.15, -0.1) is 0 Å². The highest BCUT2D eigenvalue weighted by molar-refractivity contribution is 8.14. The van der Waals surface area contributed by atoms with Crippen molar-refractivity contribution in [2.75, 3.05) is 12.4 Å². The van der Waals surface area contributed by atoms with Crippen LogP contribution in [-0.2, 0) is 23.9 Å². The molecule has 0 aliphatic carbocycles. The lowest BCUT2D eigenvalue weighted by Gasteiger charge is -2.22. The Balaban J connectivity index is 4.82. The second kappa shape index (κ2) is 9.96. The van der Waals surface area contributed by atoms with Crippen molar-refractivity contribution >= 4 is 34.9 Å². The highest BCUT2D eigenvalue weighted by Crippen LogP contribution is 2.11. The van der Waals surface area contributed by atoms with E-state index in [1.807, 2.05) is 0 Å². The molecule has 0 saturated carbocycles. The predicted octanol–water partition coefficient (Wildman–Crippen LogP) is 1.73. The van der Waals surface area contributed by atoms with E-state index in [4.69, 9.17) is 14.6 Å². The van der Waals surface area contributed by atoms with Gasteiger partial charge in [0, 0.05) is 17.4 Å². The smallest absolute Gasteiger partial charge is 0.408 e. The van der Waals surface area contributed by atoms with Crippen LogP contribution in [0.5, 0.6) is 0 Å². The van der Waals surface area contributed by atoms with Crippen LogP contribution in [0.2, 0.25) is 0 Å². The van der Waals surface area contributed by atoms with E-state index in [0.717, 1.165) is 6.08 Å². The molecule has 0 unspecified atom stereocenters. The van der Waals surface area contributed by atoms with Crippen LogP contribution in [0.4, 0.5) is 4.79 Å². The summed E-state index contributed by atoms with van der Waals surface area (Å²) in [5.41, 5.74) is -0.867. The maximum atomic E-state index is 11.9. The van der Waals surface area contributed by atoms with Gasteiger partial charge >= 0.3 is 18.0 Å². The van der Waals surface area contributed by atoms with Gasteiger partial charge in [0.25, 0.3) is 0 Å². The third-order valence-electron chi connectivity index (χ3n) is 2.33. The fraction of sp³-hybridized carbons (Fsp3) is 0.600. The molecular weight excluding hydrogens is 338 g/mol. The summed E-state index contributed by atoms with van der Waals surface area (Å²) in [6, 6.07) is -1.09. The average Bonchev–Trinajstić information content (AvgIpc) is 2.41. The van der Waals surface area contributed by atoms with Crippen molar-refractivity contribution in [2.24, 2.45) is 0 Å². The van der Waals surface area contributed by atoms with E-state index in [1.54, 1.807) is 27.7 Å². The van der Waals surface area contributed by atoms with Crippen molar-refractivity contribution in [1.29, 1.82) is 0 Å². The van der Waals surface area contributed by atoms with Crippen LogP contribution in [-0.4, -0.2) is 52.3 Å². The molecule has 8 nitrogen and oxygen atoms in total. The van der Waals surface area contributed by atoms with Crippen LogP contribution in [0.1, 0.15) is 34.6 Å². The van der Waals surface area contributed by atoms with Gasteiger partial charge in [-0.3, -0.25) is 4.79 Å². The number of rotatable bonds is 7. The first-order chi connectivity index (χ1) is 11.0. The number of carbonyl (C=O) groups excluding carboxylic acids is 3. The van der Waals surface area contributed by atoms with Gasteiger partial charge in [-0.1, -0.05) is 11.8 Å². The van der Waals surface area contributed by atoms with Gasteiger partial charge in [0.1, 0.15) is 11.6 Å². The maximum Gasteiger partial charge on any atom is 0.408 e. The number of hydrogen-bond donors (Lipinski definition) is 2. The van der Waals surface area contributed by atoms with Crippen LogP contribution in [0.3, 0.4) is 0 Å². The molecule has 1 amide bonds. The molecule has 0 saturated heterocycles. The predicted molar refractivity (Wildman–Crippen MR) is 88.6 cm³/mol. The fourth-order valence-electron chi connectivity index (χ4n) is 1.31. The normalized spacial score (nSPS) is 13.0. The first-order valence-electron chi connectivity index (χ1n) is 7.20. The van der Waals surface area contributed by atoms with Crippen LogP contribution in [0, 0.1) is 0 Å². The number of amides is 1. The van der Waals surface area contributed by atoms with Crippen LogP contribution < -0.4 is 5.32 Å². The largest absolute Gasteiger partial charge is 0.478 e. The zero-order chi connectivity index (χ0) is 18.9. The molecule has 24 heavy (non-hydrogen) atoms. The number of alkyl carbamates (subject to hydrolysis) is 1. The molecule has 0 aromatic heterocycles. The third kappa shape index (κ3) is 9.88. The van der Waals surface area contributed by atoms with E-state index in [2.05, 4.69) is 5.32 Å². The summed E-state index contributed by atoms with van der Waals surface area (Å²) in [6.07, 6.45) is 0.133. The van der Waals surface area contributed by atoms with Crippen molar-refractivity contribution in [3.8, 4) is 0 Å². The first kappa shape index (κ1) is 22.0. The number of carbonyl (C=O) groups is 4. The second-order valence-electron chi connectivity index (χ2n) is 5.71. The Bertz CT molecular complexity index is 522. The standard InChI is InChI=1S/C15H23NO7S/c1-6-22-13(20)10(16-14(21)23-15(3,4)5)8-24-11(17)7-9(2)12(18)19/h7,10H,6,8H2,1-5H3,(H,16,21)(H,18,19)/b9-7+/t10-/m0/s1. The Morgan fingerprint density at radius 1 is 1.25 bits per heavy atom. The first-order valence-corrected chi connectivity index (χ1v) is 8.19. The second-order valence-corrected chi connectivity index (χ2v) is 6.74. The molecule has 0 bridgehead atoms. The summed E-state index contributed by atoms with van der Waals surface area (Å²) in [7, 11) is 0. The van der Waals surface area contributed by atoms with E-state index in [9.17, 15) is 19.2 Å². The Hall–Kier alpha value is -2.03. The minimum atomic E-state index is -1.21. The number of aliphatic carboxylic acids is 1. The van der Waals surface area contributed by atoms with Crippen LogP contribution in [0.25, 0.3) is 0 Å². The Labute approximate surface area is 144 Å². The summed E-state index contributed by atoms with van der Waals surface area (Å²) in [5.74, 6) is -2.03. The van der Waals surface area contributed by atoms with Gasteiger partial charge in [0.15, 0.2) is 0 Å². The van der Waals surface area contributed by atoms with E-state index in [-0.39, 0.29) is 17.9 Å². The van der Waals surface area contributed by atoms with Crippen molar-refractivity contribution in [3.05, 3.63) is 11.6 Å². The van der Waals surface area contributed by atoms with Gasteiger partial charge in [0.05, 0.1) is 6.61 Å². The Morgan fingerprint density at radius 3 is 2.29 bits per heavy atom. The number of carboxylic acids is 1. The molecule has 0 heterocycles. The van der Waals surface area contributed by atoms with Gasteiger partial charge < -0.3 is 19.9 Å². The number of ether oxygens (including phenoxy) is 2. The van der Waals surface area contributed by atoms with Crippen LogP contribution in [0.15, 0.2) is 11.6 Å². The third-order valence-corrected chi connectivity index (χ3v) is 3.23. The molecule has 136 valence electrons.